The van der Waals surface area contributed by atoms with Crippen LogP contribution in [0.2, 0.25) is 0 Å². The van der Waals surface area contributed by atoms with E-state index in [0.29, 0.717) is 0 Å². The Bertz CT molecular complexity index is 313. The molecule has 0 amide bonds. The van der Waals surface area contributed by atoms with Gasteiger partial charge in [0.15, 0.2) is 6.17 Å². The number of aliphatic hydroxyl groups is 4. The fraction of sp³-hybridized carbons (Fsp3) is 0.900. The average molecular weight is 268 g/mol. The van der Waals surface area contributed by atoms with E-state index in [4.69, 9.17) is 14.9 Å². The van der Waals surface area contributed by atoms with E-state index in [1.807, 2.05) is 0 Å². The van der Waals surface area contributed by atoms with Gasteiger partial charge < -0.3 is 30.3 Å². The van der Waals surface area contributed by atoms with Crippen molar-refractivity contribution in [2.75, 3.05) is 6.61 Å². The van der Waals surface area contributed by atoms with Crippen LogP contribution in [0.15, 0.2) is 0 Å². The minimum Gasteiger partial charge on any atom is -0.477 e. The van der Waals surface area contributed by atoms with Gasteiger partial charge in [0.1, 0.15) is 6.10 Å². The molecule has 106 valence electrons. The van der Waals surface area contributed by atoms with Crippen LogP contribution in [0.25, 0.3) is 0 Å². The van der Waals surface area contributed by atoms with Crippen molar-refractivity contribution >= 4 is 5.97 Å². The Labute approximate surface area is 102 Å². The third-order valence-corrected chi connectivity index (χ3v) is 3.16. The Morgan fingerprint density at radius 1 is 1.61 bits per heavy atom. The van der Waals surface area contributed by atoms with E-state index in [1.54, 1.807) is 0 Å². The standard InChI is InChI=1S/C10H17FO7/c1-4-6(13)2-10(17,9(15)16)18-8(4)7(14)5(11)3-12/h4-8,12-14,17H,2-3H2,1H3,(H,15,16)/t4-,5-,6-,7-,8?,10+/m1/s1. The maximum absolute atomic E-state index is 13.2. The van der Waals surface area contributed by atoms with Crippen molar-refractivity contribution in [1.82, 2.24) is 0 Å². The number of aliphatic hydroxyl groups excluding tert-OH is 3. The Kier molecular flexibility index (Phi) is 4.62. The number of aliphatic carboxylic acids is 1. The minimum absolute atomic E-state index is 0.581. The number of rotatable bonds is 4. The highest BCUT2D eigenvalue weighted by Gasteiger charge is 2.52. The van der Waals surface area contributed by atoms with Crippen molar-refractivity contribution in [2.45, 2.75) is 43.6 Å². The van der Waals surface area contributed by atoms with Crippen LogP contribution >= 0.6 is 0 Å². The highest BCUT2D eigenvalue weighted by atomic mass is 19.1. The van der Waals surface area contributed by atoms with E-state index in [1.165, 1.54) is 6.92 Å². The number of carboxylic acids is 1. The molecule has 0 saturated carbocycles. The molecule has 0 aromatic heterocycles. The van der Waals surface area contributed by atoms with Crippen molar-refractivity contribution in [3.8, 4) is 0 Å². The molecule has 1 heterocycles. The van der Waals surface area contributed by atoms with Crippen molar-refractivity contribution in [1.29, 1.82) is 0 Å². The topological polar surface area (TPSA) is 127 Å². The number of halogens is 1. The molecule has 1 saturated heterocycles. The summed E-state index contributed by atoms with van der Waals surface area (Å²) in [5.74, 6) is -5.19. The molecule has 0 spiro atoms. The molecule has 0 radical (unpaired) electrons. The number of carboxylic acid groups (broad SMARTS) is 1. The summed E-state index contributed by atoms with van der Waals surface area (Å²) in [6.45, 7) is 0.444. The number of carbonyl (C=O) groups is 1. The molecule has 1 rings (SSSR count). The van der Waals surface area contributed by atoms with Crippen LogP contribution in [0.1, 0.15) is 13.3 Å². The molecular formula is C10H17FO7. The Balaban J connectivity index is 2.92. The van der Waals surface area contributed by atoms with Crippen molar-refractivity contribution in [2.24, 2.45) is 5.92 Å². The van der Waals surface area contributed by atoms with E-state index in [2.05, 4.69) is 0 Å². The van der Waals surface area contributed by atoms with E-state index >= 15 is 0 Å². The minimum atomic E-state index is -2.67. The first-order chi connectivity index (χ1) is 8.23. The number of hydrogen-bond donors (Lipinski definition) is 5. The molecule has 1 unspecified atom stereocenters. The fourth-order valence-electron chi connectivity index (χ4n) is 1.90. The summed E-state index contributed by atoms with van der Waals surface area (Å²) < 4.78 is 18.0. The smallest absolute Gasteiger partial charge is 0.364 e. The van der Waals surface area contributed by atoms with Crippen LogP contribution in [0.3, 0.4) is 0 Å². The highest BCUT2D eigenvalue weighted by molar-refractivity contribution is 5.75. The van der Waals surface area contributed by atoms with Crippen LogP contribution in [0, 0.1) is 5.92 Å². The second kappa shape index (κ2) is 5.45. The Morgan fingerprint density at radius 2 is 2.17 bits per heavy atom. The van der Waals surface area contributed by atoms with E-state index < -0.39 is 55.2 Å². The quantitative estimate of drug-likeness (QED) is 0.408. The highest BCUT2D eigenvalue weighted by Crippen LogP contribution is 2.34. The molecule has 1 fully saturated rings. The largest absolute Gasteiger partial charge is 0.477 e. The molecule has 1 aliphatic heterocycles. The summed E-state index contributed by atoms with van der Waals surface area (Å²) in [5, 5.41) is 46.2. The first-order valence-electron chi connectivity index (χ1n) is 5.47. The molecule has 7 nitrogen and oxygen atoms in total. The lowest BCUT2D eigenvalue weighted by atomic mass is 9.85. The maximum atomic E-state index is 13.2. The molecule has 0 aliphatic carbocycles. The fourth-order valence-corrected chi connectivity index (χ4v) is 1.90. The van der Waals surface area contributed by atoms with Crippen LogP contribution in [-0.2, 0) is 9.53 Å². The average Bonchev–Trinajstić information content (AvgIpc) is 2.31. The molecule has 1 aliphatic rings. The number of alkyl halides is 1. The van der Waals surface area contributed by atoms with Gasteiger partial charge in [0.05, 0.1) is 18.8 Å². The zero-order chi connectivity index (χ0) is 14.1. The summed E-state index contributed by atoms with van der Waals surface area (Å²) in [4.78, 5) is 10.8. The molecule has 0 bridgehead atoms. The van der Waals surface area contributed by atoms with Gasteiger partial charge in [-0.1, -0.05) is 6.92 Å². The zero-order valence-electron chi connectivity index (χ0n) is 9.73. The van der Waals surface area contributed by atoms with Crippen LogP contribution in [0.5, 0.6) is 0 Å². The Hall–Kier alpha value is -0.800. The van der Waals surface area contributed by atoms with Gasteiger partial charge >= 0.3 is 5.97 Å². The van der Waals surface area contributed by atoms with Gasteiger partial charge in [-0.3, -0.25) is 0 Å². The zero-order valence-corrected chi connectivity index (χ0v) is 9.73. The monoisotopic (exact) mass is 268 g/mol. The summed E-state index contributed by atoms with van der Waals surface area (Å²) in [5.41, 5.74) is 0. The summed E-state index contributed by atoms with van der Waals surface area (Å²) >= 11 is 0. The lowest BCUT2D eigenvalue weighted by Gasteiger charge is -2.43. The Morgan fingerprint density at radius 3 is 2.61 bits per heavy atom. The molecule has 6 atom stereocenters. The van der Waals surface area contributed by atoms with Crippen LogP contribution in [0.4, 0.5) is 4.39 Å². The van der Waals surface area contributed by atoms with Gasteiger partial charge in [-0.05, 0) is 0 Å². The number of hydrogen-bond acceptors (Lipinski definition) is 6. The van der Waals surface area contributed by atoms with Gasteiger partial charge in [0, 0.05) is 12.3 Å². The molecule has 18 heavy (non-hydrogen) atoms. The second-order valence-corrected chi connectivity index (χ2v) is 4.49. The molecule has 8 heteroatoms. The third kappa shape index (κ3) is 2.78. The van der Waals surface area contributed by atoms with E-state index in [-0.39, 0.29) is 0 Å². The first-order valence-corrected chi connectivity index (χ1v) is 5.47. The van der Waals surface area contributed by atoms with Gasteiger partial charge in [0.2, 0.25) is 0 Å². The normalized spacial score (nSPS) is 40.2. The van der Waals surface area contributed by atoms with Gasteiger partial charge in [-0.25, -0.2) is 9.18 Å². The predicted octanol–water partition coefficient (Wildman–Crippen LogP) is -1.76. The summed E-state index contributed by atoms with van der Waals surface area (Å²) in [6, 6.07) is 0. The van der Waals surface area contributed by atoms with Crippen LogP contribution in [-0.4, -0.2) is 68.4 Å². The first kappa shape index (κ1) is 15.3. The maximum Gasteiger partial charge on any atom is 0.364 e. The number of ether oxygens (including phenoxy) is 1. The molecule has 5 N–H and O–H groups in total. The van der Waals surface area contributed by atoms with Gasteiger partial charge in [0.25, 0.3) is 5.79 Å². The summed E-state index contributed by atoms with van der Waals surface area (Å²) in [7, 11) is 0. The summed E-state index contributed by atoms with van der Waals surface area (Å²) in [6.07, 6.45) is -7.18. The lowest BCUT2D eigenvalue weighted by Crippen LogP contribution is -2.59. The van der Waals surface area contributed by atoms with Gasteiger partial charge in [-0.2, -0.15) is 0 Å². The van der Waals surface area contributed by atoms with Crippen molar-refractivity contribution < 1.29 is 39.5 Å². The molecular weight excluding hydrogens is 251 g/mol. The van der Waals surface area contributed by atoms with E-state index in [0.717, 1.165) is 0 Å². The van der Waals surface area contributed by atoms with Gasteiger partial charge in [-0.15, -0.1) is 0 Å². The van der Waals surface area contributed by atoms with Crippen LogP contribution < -0.4 is 0 Å². The lowest BCUT2D eigenvalue weighted by molar-refractivity contribution is -0.300. The second-order valence-electron chi connectivity index (χ2n) is 4.49. The predicted molar refractivity (Wildman–Crippen MR) is 55.2 cm³/mol. The van der Waals surface area contributed by atoms with Crippen molar-refractivity contribution in [3.05, 3.63) is 0 Å². The van der Waals surface area contributed by atoms with Crippen molar-refractivity contribution in [3.63, 3.8) is 0 Å². The van der Waals surface area contributed by atoms with E-state index in [9.17, 15) is 24.5 Å². The SMILES string of the molecule is C[C@H]1C([C@H](O)[C@H](F)CO)O[C@](O)(C(=O)O)C[C@H]1O. The third-order valence-electron chi connectivity index (χ3n) is 3.16. The molecule has 0 aromatic carbocycles. The molecule has 0 aromatic rings.